The SMILES string of the molecule is CCOc1ccc(Br)cc1C[NH2+]CC[NH+]1CCOCC1. The van der Waals surface area contributed by atoms with Gasteiger partial charge in [-0.25, -0.2) is 0 Å². The van der Waals surface area contributed by atoms with Crippen molar-refractivity contribution in [2.45, 2.75) is 13.5 Å². The molecule has 0 spiro atoms. The first-order chi connectivity index (χ1) is 9.79. The van der Waals surface area contributed by atoms with Crippen LogP contribution in [0.4, 0.5) is 0 Å². The van der Waals surface area contributed by atoms with E-state index in [0.29, 0.717) is 6.61 Å². The molecule has 2 rings (SSSR count). The number of nitrogens with two attached hydrogens (primary N) is 1. The highest BCUT2D eigenvalue weighted by Gasteiger charge is 2.14. The van der Waals surface area contributed by atoms with Crippen molar-refractivity contribution in [3.8, 4) is 5.75 Å². The van der Waals surface area contributed by atoms with E-state index in [2.05, 4.69) is 27.3 Å². The van der Waals surface area contributed by atoms with Crippen LogP contribution in [0.1, 0.15) is 12.5 Å². The lowest BCUT2D eigenvalue weighted by Gasteiger charge is -2.22. The van der Waals surface area contributed by atoms with Gasteiger partial charge in [0.05, 0.1) is 19.8 Å². The summed E-state index contributed by atoms with van der Waals surface area (Å²) in [6, 6.07) is 6.24. The number of hydrogen-bond acceptors (Lipinski definition) is 2. The number of ether oxygens (including phenoxy) is 2. The molecule has 0 saturated carbocycles. The van der Waals surface area contributed by atoms with Crippen LogP contribution in [0.2, 0.25) is 0 Å². The first kappa shape index (κ1) is 15.8. The maximum absolute atomic E-state index is 5.68. The summed E-state index contributed by atoms with van der Waals surface area (Å²) in [6.45, 7) is 10.2. The second-order valence-electron chi connectivity index (χ2n) is 5.08. The van der Waals surface area contributed by atoms with Crippen LogP contribution in [0, 0.1) is 0 Å². The Morgan fingerprint density at radius 3 is 2.90 bits per heavy atom. The number of rotatable bonds is 7. The Kier molecular flexibility index (Phi) is 6.79. The summed E-state index contributed by atoms with van der Waals surface area (Å²) >= 11 is 3.53. The molecule has 20 heavy (non-hydrogen) atoms. The minimum absolute atomic E-state index is 0.715. The zero-order valence-electron chi connectivity index (χ0n) is 12.2. The van der Waals surface area contributed by atoms with Crippen LogP contribution < -0.4 is 15.0 Å². The predicted octanol–water partition coefficient (Wildman–Crippen LogP) is -0.174. The van der Waals surface area contributed by atoms with Crippen LogP contribution >= 0.6 is 15.9 Å². The normalized spacial score (nSPS) is 16.3. The van der Waals surface area contributed by atoms with E-state index in [1.807, 2.05) is 19.1 Å². The van der Waals surface area contributed by atoms with Crippen LogP contribution in [0.5, 0.6) is 5.75 Å². The quantitative estimate of drug-likeness (QED) is 0.674. The predicted molar refractivity (Wildman–Crippen MR) is 82.2 cm³/mol. The molecule has 1 saturated heterocycles. The molecule has 112 valence electrons. The maximum Gasteiger partial charge on any atom is 0.128 e. The van der Waals surface area contributed by atoms with Gasteiger partial charge in [-0.3, -0.25) is 0 Å². The lowest BCUT2D eigenvalue weighted by atomic mass is 10.2. The van der Waals surface area contributed by atoms with E-state index < -0.39 is 0 Å². The van der Waals surface area contributed by atoms with Crippen molar-refractivity contribution in [1.29, 1.82) is 0 Å². The summed E-state index contributed by atoms with van der Waals surface area (Å²) in [5, 5.41) is 2.37. The van der Waals surface area contributed by atoms with Crippen LogP contribution in [0.3, 0.4) is 0 Å². The molecule has 1 aliphatic heterocycles. The molecular formula is C15H25BrN2O2+2. The molecule has 1 aliphatic rings. The number of benzene rings is 1. The minimum atomic E-state index is 0.715. The molecule has 0 unspecified atom stereocenters. The Morgan fingerprint density at radius 1 is 1.35 bits per heavy atom. The van der Waals surface area contributed by atoms with Gasteiger partial charge in [0.15, 0.2) is 0 Å². The van der Waals surface area contributed by atoms with Crippen molar-refractivity contribution >= 4 is 15.9 Å². The van der Waals surface area contributed by atoms with Gasteiger partial charge >= 0.3 is 0 Å². The molecule has 1 aromatic rings. The van der Waals surface area contributed by atoms with Gasteiger partial charge in [-0.15, -0.1) is 0 Å². The van der Waals surface area contributed by atoms with Crippen LogP contribution in [0.15, 0.2) is 22.7 Å². The molecule has 1 heterocycles. The van der Waals surface area contributed by atoms with E-state index in [1.165, 1.54) is 12.1 Å². The largest absolute Gasteiger partial charge is 0.493 e. The number of quaternary nitrogens is 2. The molecule has 0 amide bonds. The van der Waals surface area contributed by atoms with Crippen molar-refractivity contribution in [3.05, 3.63) is 28.2 Å². The van der Waals surface area contributed by atoms with E-state index in [9.17, 15) is 0 Å². The van der Waals surface area contributed by atoms with Gasteiger partial charge in [0.1, 0.15) is 38.5 Å². The number of morpholine rings is 1. The Labute approximate surface area is 129 Å². The number of nitrogens with one attached hydrogen (secondary N) is 1. The van der Waals surface area contributed by atoms with Gasteiger partial charge < -0.3 is 19.7 Å². The molecule has 0 bridgehead atoms. The number of halogens is 1. The topological polar surface area (TPSA) is 39.5 Å². The van der Waals surface area contributed by atoms with E-state index >= 15 is 0 Å². The molecule has 1 aromatic carbocycles. The van der Waals surface area contributed by atoms with Crippen molar-refractivity contribution in [3.63, 3.8) is 0 Å². The molecular weight excluding hydrogens is 320 g/mol. The zero-order chi connectivity index (χ0) is 14.2. The lowest BCUT2D eigenvalue weighted by Crippen LogP contribution is -3.16. The number of hydrogen-bond donors (Lipinski definition) is 2. The molecule has 3 N–H and O–H groups in total. The summed E-state index contributed by atoms with van der Waals surface area (Å²) in [6.07, 6.45) is 0. The molecule has 4 nitrogen and oxygen atoms in total. The Balaban J connectivity index is 1.76. The van der Waals surface area contributed by atoms with Crippen LogP contribution in [0.25, 0.3) is 0 Å². The van der Waals surface area contributed by atoms with E-state index in [0.717, 1.165) is 49.6 Å². The first-order valence-electron chi connectivity index (χ1n) is 7.43. The first-order valence-corrected chi connectivity index (χ1v) is 8.23. The average Bonchev–Trinajstić information content (AvgIpc) is 2.47. The minimum Gasteiger partial charge on any atom is -0.493 e. The second kappa shape index (κ2) is 8.62. The molecule has 1 fully saturated rings. The fraction of sp³-hybridized carbons (Fsp3) is 0.600. The Morgan fingerprint density at radius 2 is 2.15 bits per heavy atom. The van der Waals surface area contributed by atoms with Crippen molar-refractivity contribution in [2.75, 3.05) is 46.0 Å². The average molecular weight is 345 g/mol. The highest BCUT2D eigenvalue weighted by molar-refractivity contribution is 9.10. The van der Waals surface area contributed by atoms with Gasteiger partial charge in [-0.05, 0) is 25.1 Å². The standard InChI is InChI=1S/C15H23BrN2O2/c1-2-20-15-4-3-14(16)11-13(15)12-17-5-6-18-7-9-19-10-8-18/h3-4,11,17H,2,5-10,12H2,1H3/p+2. The van der Waals surface area contributed by atoms with Gasteiger partial charge in [-0.1, -0.05) is 15.9 Å². The monoisotopic (exact) mass is 344 g/mol. The second-order valence-corrected chi connectivity index (χ2v) is 5.99. The summed E-state index contributed by atoms with van der Waals surface area (Å²) in [5.41, 5.74) is 1.26. The molecule has 0 atom stereocenters. The Bertz CT molecular complexity index is 409. The fourth-order valence-corrected chi connectivity index (χ4v) is 2.89. The van der Waals surface area contributed by atoms with Gasteiger partial charge in [0.25, 0.3) is 0 Å². The third kappa shape index (κ3) is 5.05. The highest BCUT2D eigenvalue weighted by atomic mass is 79.9. The highest BCUT2D eigenvalue weighted by Crippen LogP contribution is 2.22. The van der Waals surface area contributed by atoms with Crippen molar-refractivity contribution in [2.24, 2.45) is 0 Å². The summed E-state index contributed by atoms with van der Waals surface area (Å²) in [4.78, 5) is 1.66. The lowest BCUT2D eigenvalue weighted by molar-refractivity contribution is -0.920. The summed E-state index contributed by atoms with van der Waals surface area (Å²) < 4.78 is 12.2. The van der Waals surface area contributed by atoms with E-state index in [4.69, 9.17) is 9.47 Å². The summed E-state index contributed by atoms with van der Waals surface area (Å²) in [5.74, 6) is 1.01. The van der Waals surface area contributed by atoms with E-state index in [1.54, 1.807) is 4.90 Å². The van der Waals surface area contributed by atoms with Gasteiger partial charge in [-0.2, -0.15) is 0 Å². The van der Waals surface area contributed by atoms with Crippen LogP contribution in [-0.2, 0) is 11.3 Å². The molecule has 0 radical (unpaired) electrons. The smallest absolute Gasteiger partial charge is 0.128 e. The van der Waals surface area contributed by atoms with Gasteiger partial charge in [0.2, 0.25) is 0 Å². The van der Waals surface area contributed by atoms with Gasteiger partial charge in [0, 0.05) is 10.0 Å². The summed E-state index contributed by atoms with van der Waals surface area (Å²) in [7, 11) is 0. The van der Waals surface area contributed by atoms with Crippen molar-refractivity contribution < 1.29 is 19.7 Å². The molecule has 5 heteroatoms. The third-order valence-corrected chi connectivity index (χ3v) is 4.08. The fourth-order valence-electron chi connectivity index (χ4n) is 2.48. The zero-order valence-corrected chi connectivity index (χ0v) is 13.7. The van der Waals surface area contributed by atoms with Crippen molar-refractivity contribution in [1.82, 2.24) is 0 Å². The third-order valence-electron chi connectivity index (χ3n) is 3.59. The Hall–Kier alpha value is -0.620. The van der Waals surface area contributed by atoms with E-state index in [-0.39, 0.29) is 0 Å². The molecule has 0 aliphatic carbocycles. The maximum atomic E-state index is 5.68. The molecule has 0 aromatic heterocycles. The van der Waals surface area contributed by atoms with Crippen LogP contribution in [-0.4, -0.2) is 46.0 Å².